The zero-order valence-electron chi connectivity index (χ0n) is 29.8. The second kappa shape index (κ2) is 13.8. The molecule has 9 aromatic rings. The second-order valence-corrected chi connectivity index (χ2v) is 13.6. The number of fused-ring (bicyclic) bond motifs is 8. The predicted molar refractivity (Wildman–Crippen MR) is 225 cm³/mol. The Morgan fingerprint density at radius 2 is 1.07 bits per heavy atom. The lowest BCUT2D eigenvalue weighted by atomic mass is 9.92. The number of ether oxygens (including phenoxy) is 1. The van der Waals surface area contributed by atoms with Crippen molar-refractivity contribution in [1.82, 2.24) is 15.0 Å². The van der Waals surface area contributed by atoms with Crippen molar-refractivity contribution in [2.24, 2.45) is 0 Å². The highest BCUT2D eigenvalue weighted by Crippen LogP contribution is 2.45. The van der Waals surface area contributed by atoms with E-state index in [0.717, 1.165) is 94.9 Å². The lowest BCUT2D eigenvalue weighted by Crippen LogP contribution is -1.97. The molecule has 4 nitrogen and oxygen atoms in total. The lowest BCUT2D eigenvalue weighted by Gasteiger charge is -2.18. The summed E-state index contributed by atoms with van der Waals surface area (Å²) in [7, 11) is 0. The SMILES string of the molecule is C1=C\c2ccc(-c3cc(-c4ccc(-c5cccnc5)cc4)nc(-c4ccccc4)n3)cc2-c2ccc3ccccc3c2Oc2ccccc2-c2ccccc2/1. The van der Waals surface area contributed by atoms with Gasteiger partial charge in [-0.15, -0.1) is 0 Å². The van der Waals surface area contributed by atoms with Crippen molar-refractivity contribution in [3.8, 4) is 78.8 Å². The van der Waals surface area contributed by atoms with Gasteiger partial charge in [-0.2, -0.15) is 0 Å². The largest absolute Gasteiger partial charge is 0.455 e. The van der Waals surface area contributed by atoms with E-state index in [4.69, 9.17) is 14.7 Å². The van der Waals surface area contributed by atoms with Crippen LogP contribution in [0.25, 0.3) is 90.2 Å². The highest BCUT2D eigenvalue weighted by atomic mass is 16.5. The Kier molecular flexibility index (Phi) is 8.12. The van der Waals surface area contributed by atoms with E-state index in [9.17, 15) is 0 Å². The molecule has 258 valence electrons. The van der Waals surface area contributed by atoms with E-state index in [1.165, 1.54) is 0 Å². The number of hydrogen-bond acceptors (Lipinski definition) is 4. The summed E-state index contributed by atoms with van der Waals surface area (Å²) in [5.41, 5.74) is 13.2. The van der Waals surface area contributed by atoms with Crippen molar-refractivity contribution in [1.29, 1.82) is 0 Å². The molecule has 2 aromatic heterocycles. The molecule has 0 bridgehead atoms. The number of rotatable bonds is 4. The summed E-state index contributed by atoms with van der Waals surface area (Å²) in [4.78, 5) is 14.6. The van der Waals surface area contributed by atoms with Gasteiger partial charge in [0.2, 0.25) is 0 Å². The van der Waals surface area contributed by atoms with Crippen LogP contribution in [0.3, 0.4) is 0 Å². The minimum Gasteiger partial charge on any atom is -0.455 e. The molecule has 1 aliphatic rings. The third-order valence-corrected chi connectivity index (χ3v) is 10.2. The van der Waals surface area contributed by atoms with Crippen molar-refractivity contribution in [2.45, 2.75) is 0 Å². The number of pyridine rings is 1. The van der Waals surface area contributed by atoms with Crippen molar-refractivity contribution in [2.75, 3.05) is 0 Å². The van der Waals surface area contributed by atoms with Gasteiger partial charge in [-0.3, -0.25) is 4.98 Å². The summed E-state index contributed by atoms with van der Waals surface area (Å²) in [6, 6.07) is 61.0. The third kappa shape index (κ3) is 6.16. The maximum atomic E-state index is 7.08. The first-order valence-corrected chi connectivity index (χ1v) is 18.4. The number of nitrogens with zero attached hydrogens (tertiary/aromatic N) is 3. The molecule has 0 spiro atoms. The molecule has 55 heavy (non-hydrogen) atoms. The molecule has 0 N–H and O–H groups in total. The molecule has 0 amide bonds. The molecule has 3 heterocycles. The van der Waals surface area contributed by atoms with Crippen LogP contribution in [0.1, 0.15) is 11.1 Å². The average molecular weight is 704 g/mol. The Morgan fingerprint density at radius 3 is 1.91 bits per heavy atom. The van der Waals surface area contributed by atoms with Gasteiger partial charge in [-0.1, -0.05) is 158 Å². The molecule has 4 heteroatoms. The second-order valence-electron chi connectivity index (χ2n) is 13.6. The molecule has 7 aromatic carbocycles. The van der Waals surface area contributed by atoms with Crippen LogP contribution >= 0.6 is 0 Å². The maximum absolute atomic E-state index is 7.08. The van der Waals surface area contributed by atoms with Crippen molar-refractivity contribution in [3.63, 3.8) is 0 Å². The number of para-hydroxylation sites is 1. The van der Waals surface area contributed by atoms with Gasteiger partial charge in [0.15, 0.2) is 5.82 Å². The molecule has 0 saturated heterocycles. The standard InChI is InChI=1S/C51H33N3O/c1-2-13-39(14-3-1)51-53-47(38-25-20-34(21-26-38)41-15-10-30-52-33-41)32-48(54-51)40-27-24-37-23-22-35-11-4-6-16-42(35)44-18-8-9-19-49(44)55-50-43-17-7-5-12-36(43)28-29-45(50)46(37)31-40/h1-33H/b23-22-. The Balaban J connectivity index is 1.18. The van der Waals surface area contributed by atoms with Gasteiger partial charge in [0.25, 0.3) is 0 Å². The fourth-order valence-corrected chi connectivity index (χ4v) is 7.44. The number of aromatic nitrogens is 3. The van der Waals surface area contributed by atoms with Crippen molar-refractivity contribution in [3.05, 3.63) is 199 Å². The molecule has 0 radical (unpaired) electrons. The number of benzene rings is 7. The quantitative estimate of drug-likeness (QED) is 0.183. The summed E-state index contributed by atoms with van der Waals surface area (Å²) in [6.07, 6.45) is 8.11. The zero-order chi connectivity index (χ0) is 36.6. The summed E-state index contributed by atoms with van der Waals surface area (Å²) in [5, 5.41) is 2.16. The van der Waals surface area contributed by atoms with E-state index in [2.05, 4.69) is 163 Å². The first-order chi connectivity index (χ1) is 27.2. The Hall–Kier alpha value is -7.43. The maximum Gasteiger partial charge on any atom is 0.160 e. The van der Waals surface area contributed by atoms with Crippen molar-refractivity contribution >= 4 is 22.9 Å². The third-order valence-electron chi connectivity index (χ3n) is 10.2. The normalized spacial score (nSPS) is 12.3. The van der Waals surface area contributed by atoms with Crippen LogP contribution in [0.4, 0.5) is 0 Å². The van der Waals surface area contributed by atoms with Gasteiger partial charge in [0.05, 0.1) is 11.4 Å². The van der Waals surface area contributed by atoms with E-state index in [1.807, 2.05) is 36.5 Å². The van der Waals surface area contributed by atoms with Gasteiger partial charge >= 0.3 is 0 Å². The Morgan fingerprint density at radius 1 is 0.400 bits per heavy atom. The van der Waals surface area contributed by atoms with Crippen LogP contribution in [0.2, 0.25) is 0 Å². The van der Waals surface area contributed by atoms with Gasteiger partial charge < -0.3 is 4.74 Å². The molecule has 1 aliphatic heterocycles. The fourth-order valence-electron chi connectivity index (χ4n) is 7.44. The van der Waals surface area contributed by atoms with Crippen LogP contribution in [-0.2, 0) is 0 Å². The first kappa shape index (κ1) is 32.2. The van der Waals surface area contributed by atoms with Crippen LogP contribution in [0, 0.1) is 0 Å². The van der Waals surface area contributed by atoms with Gasteiger partial charge in [0, 0.05) is 45.6 Å². The molecular weight excluding hydrogens is 671 g/mol. The smallest absolute Gasteiger partial charge is 0.160 e. The van der Waals surface area contributed by atoms with E-state index >= 15 is 0 Å². The molecule has 0 atom stereocenters. The van der Waals surface area contributed by atoms with E-state index in [-0.39, 0.29) is 0 Å². The average Bonchev–Trinajstić information content (AvgIpc) is 3.28. The van der Waals surface area contributed by atoms with E-state index < -0.39 is 0 Å². The van der Waals surface area contributed by atoms with Crippen LogP contribution in [0.15, 0.2) is 188 Å². The van der Waals surface area contributed by atoms with E-state index in [1.54, 1.807) is 6.20 Å². The highest BCUT2D eigenvalue weighted by Gasteiger charge is 2.20. The minimum atomic E-state index is 0.670. The topological polar surface area (TPSA) is 47.9 Å². The van der Waals surface area contributed by atoms with Crippen molar-refractivity contribution < 1.29 is 4.74 Å². The summed E-state index contributed by atoms with van der Waals surface area (Å²) in [6.45, 7) is 0. The molecule has 10 rings (SSSR count). The molecule has 0 aliphatic carbocycles. The van der Waals surface area contributed by atoms with Crippen LogP contribution in [0.5, 0.6) is 11.5 Å². The molecule has 0 saturated carbocycles. The number of hydrogen-bond donors (Lipinski definition) is 0. The molecule has 0 fully saturated rings. The molecular formula is C51H33N3O. The summed E-state index contributed by atoms with van der Waals surface area (Å²) >= 11 is 0. The van der Waals surface area contributed by atoms with E-state index in [0.29, 0.717) is 5.82 Å². The molecule has 0 unspecified atom stereocenters. The fraction of sp³-hybridized carbons (Fsp3) is 0. The Labute approximate surface area is 319 Å². The van der Waals surface area contributed by atoms with Gasteiger partial charge in [-0.05, 0) is 69.1 Å². The Bertz CT molecular complexity index is 2880. The summed E-state index contributed by atoms with van der Waals surface area (Å²) in [5.74, 6) is 2.30. The van der Waals surface area contributed by atoms with Crippen LogP contribution in [-0.4, -0.2) is 15.0 Å². The monoisotopic (exact) mass is 703 g/mol. The predicted octanol–water partition coefficient (Wildman–Crippen LogP) is 13.3. The summed E-state index contributed by atoms with van der Waals surface area (Å²) < 4.78 is 7.08. The first-order valence-electron chi connectivity index (χ1n) is 18.4. The lowest BCUT2D eigenvalue weighted by molar-refractivity contribution is 0.492. The van der Waals surface area contributed by atoms with Crippen LogP contribution < -0.4 is 4.74 Å². The van der Waals surface area contributed by atoms with Gasteiger partial charge in [0.1, 0.15) is 11.5 Å². The zero-order valence-corrected chi connectivity index (χ0v) is 29.8. The highest BCUT2D eigenvalue weighted by molar-refractivity contribution is 5.99. The van der Waals surface area contributed by atoms with Gasteiger partial charge in [-0.25, -0.2) is 9.97 Å². The minimum absolute atomic E-state index is 0.670.